The van der Waals surface area contributed by atoms with E-state index in [0.717, 1.165) is 74.9 Å². The third kappa shape index (κ3) is 10.1. The predicted molar refractivity (Wildman–Crippen MR) is 243 cm³/mol. The normalized spacial score (nSPS) is 21.8. The molecular formula is C50H62N6O8. The fraction of sp³-hybridized carbons (Fsp3) is 0.520. The van der Waals surface area contributed by atoms with E-state index in [1.807, 2.05) is 41.3 Å². The highest BCUT2D eigenvalue weighted by molar-refractivity contribution is 6.05. The van der Waals surface area contributed by atoms with Crippen LogP contribution in [0.15, 0.2) is 72.9 Å². The summed E-state index contributed by atoms with van der Waals surface area (Å²) >= 11 is 0. The topological polar surface area (TPSA) is 157 Å². The molecule has 4 aromatic rings. The number of pyridine rings is 1. The number of phenolic OH excluding ortho intramolecular Hbond substituents is 1. The molecule has 1 aliphatic carbocycles. The van der Waals surface area contributed by atoms with Crippen molar-refractivity contribution in [3.05, 3.63) is 95.2 Å². The van der Waals surface area contributed by atoms with Crippen LogP contribution in [0.4, 0.5) is 5.69 Å². The van der Waals surface area contributed by atoms with E-state index in [1.165, 1.54) is 30.4 Å². The molecule has 1 aromatic heterocycles. The summed E-state index contributed by atoms with van der Waals surface area (Å²) in [5.41, 5.74) is 4.72. The number of piperidine rings is 1. The van der Waals surface area contributed by atoms with E-state index in [4.69, 9.17) is 14.2 Å². The highest BCUT2D eigenvalue weighted by Crippen LogP contribution is 2.40. The minimum atomic E-state index is -0.841. The highest BCUT2D eigenvalue weighted by Gasteiger charge is 2.42. The van der Waals surface area contributed by atoms with E-state index in [2.05, 4.69) is 49.3 Å². The molecule has 340 valence electrons. The average molecular weight is 875 g/mol. The summed E-state index contributed by atoms with van der Waals surface area (Å²) in [7, 11) is 0. The van der Waals surface area contributed by atoms with Gasteiger partial charge in [-0.15, -0.1) is 0 Å². The number of carboxylic acids is 1. The molecule has 14 heteroatoms. The first-order chi connectivity index (χ1) is 31.2. The Hall–Kier alpha value is -5.12. The summed E-state index contributed by atoms with van der Waals surface area (Å²) in [6, 6.07) is 21.5. The minimum absolute atomic E-state index is 0.00637. The second-order valence-electron chi connectivity index (χ2n) is 18.4. The molecule has 1 unspecified atom stereocenters. The Morgan fingerprint density at radius 3 is 2.58 bits per heavy atom. The maximum absolute atomic E-state index is 13.8. The number of hydrogen-bond acceptors (Lipinski definition) is 11. The lowest BCUT2D eigenvalue weighted by molar-refractivity contribution is -0.146. The molecule has 4 fully saturated rings. The molecule has 3 N–H and O–H groups in total. The van der Waals surface area contributed by atoms with Gasteiger partial charge in [-0.25, -0.2) is 0 Å². The van der Waals surface area contributed by atoms with Crippen LogP contribution in [0.2, 0.25) is 0 Å². The Bertz CT molecular complexity index is 2290. The number of aromatic hydroxyl groups is 1. The van der Waals surface area contributed by atoms with Gasteiger partial charge in [-0.05, 0) is 79.8 Å². The number of aromatic nitrogens is 1. The van der Waals surface area contributed by atoms with Gasteiger partial charge in [-0.1, -0.05) is 67.8 Å². The number of fused-ring (bicyclic) bond motifs is 2. The summed E-state index contributed by atoms with van der Waals surface area (Å²) in [6.45, 7) is 7.49. The van der Waals surface area contributed by atoms with Crippen molar-refractivity contribution in [3.63, 3.8) is 0 Å². The van der Waals surface area contributed by atoms with Crippen molar-refractivity contribution in [1.82, 2.24) is 24.6 Å². The van der Waals surface area contributed by atoms with Crippen LogP contribution in [0.3, 0.4) is 0 Å². The first-order valence-corrected chi connectivity index (χ1v) is 23.4. The SMILES string of the molecule is O=C1COc2c(CCN(CCN3CCC(OCCc4cccc(CN5CCC6(CC5)CN(C(=O)c5cccc7cccnc57)CCO6)c4)[C@H]3C(=O)O)C3CCCCC3)ccc(O)c2N1. The number of aliphatic carboxylic acids is 1. The van der Waals surface area contributed by atoms with Crippen molar-refractivity contribution in [2.24, 2.45) is 0 Å². The molecule has 2 amide bonds. The van der Waals surface area contributed by atoms with Gasteiger partial charge in [-0.2, -0.15) is 0 Å². The number of carboxylic acid groups (broad SMARTS) is 1. The van der Waals surface area contributed by atoms with Gasteiger partial charge in [-0.3, -0.25) is 34.1 Å². The van der Waals surface area contributed by atoms with Gasteiger partial charge in [0.2, 0.25) is 0 Å². The Morgan fingerprint density at radius 2 is 1.73 bits per heavy atom. The lowest BCUT2D eigenvalue weighted by Crippen LogP contribution is -2.57. The molecule has 4 aliphatic heterocycles. The van der Waals surface area contributed by atoms with Crippen molar-refractivity contribution in [2.75, 3.05) is 77.5 Å². The van der Waals surface area contributed by atoms with Gasteiger partial charge in [0.25, 0.3) is 11.8 Å². The number of amides is 2. The standard InChI is InChI=1S/C50H62N6O8/c57-41-15-14-38(47-45(41)52-43(58)33-63-47)16-22-54(39-11-2-1-3-12-39)26-27-55-23-17-42(46(55)49(60)61)62-29-18-35-7-4-8-36(31-35)32-53-24-19-50(20-25-53)34-56(28-30-64-50)48(59)40-13-5-9-37-10-6-21-51-44(37)40/h4-10,13-15,21,31,39,42,46,57H,1-3,11-12,16-20,22-30,32-34H2,(H,52,58)(H,60,61)/t42?,46-/m0/s1. The predicted octanol–water partition coefficient (Wildman–Crippen LogP) is 5.74. The maximum atomic E-state index is 13.8. The molecule has 9 rings (SSSR count). The summed E-state index contributed by atoms with van der Waals surface area (Å²) in [6.07, 6.45) is 11.0. The monoisotopic (exact) mass is 874 g/mol. The molecule has 1 saturated carbocycles. The minimum Gasteiger partial charge on any atom is -0.506 e. The van der Waals surface area contributed by atoms with Gasteiger partial charge in [0.05, 0.1) is 42.5 Å². The summed E-state index contributed by atoms with van der Waals surface area (Å²) < 4.78 is 18.6. The van der Waals surface area contributed by atoms with Gasteiger partial charge in [0, 0.05) is 70.0 Å². The van der Waals surface area contributed by atoms with Gasteiger partial charge >= 0.3 is 5.97 Å². The molecule has 1 spiro atoms. The van der Waals surface area contributed by atoms with Crippen LogP contribution in [-0.2, 0) is 38.4 Å². The third-order valence-corrected chi connectivity index (χ3v) is 14.2. The van der Waals surface area contributed by atoms with Gasteiger partial charge in [0.15, 0.2) is 12.4 Å². The first kappa shape index (κ1) is 44.1. The number of hydrogen-bond donors (Lipinski definition) is 3. The number of para-hydroxylation sites is 1. The molecule has 0 radical (unpaired) electrons. The number of nitrogens with zero attached hydrogens (tertiary/aromatic N) is 5. The van der Waals surface area contributed by atoms with Gasteiger partial charge < -0.3 is 34.6 Å². The second-order valence-corrected chi connectivity index (χ2v) is 18.4. The van der Waals surface area contributed by atoms with Crippen LogP contribution in [0.25, 0.3) is 10.9 Å². The van der Waals surface area contributed by atoms with Crippen molar-refractivity contribution in [3.8, 4) is 11.5 Å². The fourth-order valence-corrected chi connectivity index (χ4v) is 10.8. The molecule has 0 bridgehead atoms. The molecular weight excluding hydrogens is 813 g/mol. The third-order valence-electron chi connectivity index (χ3n) is 14.2. The van der Waals surface area contributed by atoms with Crippen molar-refractivity contribution in [2.45, 2.75) is 94.5 Å². The number of phenols is 1. The summed E-state index contributed by atoms with van der Waals surface area (Å²) in [5, 5.41) is 24.5. The van der Waals surface area contributed by atoms with E-state index < -0.39 is 12.0 Å². The Balaban J connectivity index is 0.747. The summed E-state index contributed by atoms with van der Waals surface area (Å²) in [5.74, 6) is -0.581. The largest absolute Gasteiger partial charge is 0.506 e. The number of carbonyl (C=O) groups is 3. The zero-order valence-corrected chi connectivity index (χ0v) is 36.8. The van der Waals surface area contributed by atoms with E-state index >= 15 is 0 Å². The maximum Gasteiger partial charge on any atom is 0.323 e. The van der Waals surface area contributed by atoms with E-state index in [-0.39, 0.29) is 35.9 Å². The van der Waals surface area contributed by atoms with Crippen molar-refractivity contribution in [1.29, 1.82) is 0 Å². The first-order valence-electron chi connectivity index (χ1n) is 23.4. The molecule has 3 saturated heterocycles. The molecule has 64 heavy (non-hydrogen) atoms. The van der Waals surface area contributed by atoms with Gasteiger partial charge in [0.1, 0.15) is 17.5 Å². The number of morpholine rings is 1. The zero-order chi connectivity index (χ0) is 44.0. The zero-order valence-electron chi connectivity index (χ0n) is 36.8. The van der Waals surface area contributed by atoms with Crippen molar-refractivity contribution < 1.29 is 38.8 Å². The van der Waals surface area contributed by atoms with Crippen LogP contribution in [0.1, 0.15) is 78.4 Å². The molecule has 5 aliphatic rings. The van der Waals surface area contributed by atoms with Crippen molar-refractivity contribution >= 4 is 34.4 Å². The molecule has 5 heterocycles. The number of nitrogens with one attached hydrogen (secondary N) is 1. The molecule has 14 nitrogen and oxygen atoms in total. The fourth-order valence-electron chi connectivity index (χ4n) is 10.8. The number of benzene rings is 3. The lowest BCUT2D eigenvalue weighted by atomic mass is 9.88. The Labute approximate surface area is 375 Å². The Kier molecular flexibility index (Phi) is 13.7. The smallest absolute Gasteiger partial charge is 0.323 e. The molecule has 2 atom stereocenters. The van der Waals surface area contributed by atoms with Crippen LogP contribution >= 0.6 is 0 Å². The summed E-state index contributed by atoms with van der Waals surface area (Å²) in [4.78, 5) is 52.0. The molecule has 3 aromatic carbocycles. The van der Waals surface area contributed by atoms with E-state index in [1.54, 1.807) is 12.3 Å². The lowest BCUT2D eigenvalue weighted by Gasteiger charge is -2.47. The highest BCUT2D eigenvalue weighted by atomic mass is 16.5. The average Bonchev–Trinajstić information content (AvgIpc) is 3.73. The second kappa shape index (κ2) is 20.0. The number of anilines is 1. The van der Waals surface area contributed by atoms with Crippen LogP contribution < -0.4 is 10.1 Å². The number of rotatable bonds is 15. The number of likely N-dealkylation sites (tertiary alicyclic amines) is 2. The Morgan fingerprint density at radius 1 is 0.922 bits per heavy atom. The van der Waals surface area contributed by atoms with Crippen LogP contribution in [0, 0.1) is 0 Å². The van der Waals surface area contributed by atoms with Crippen LogP contribution in [-0.4, -0.2) is 149 Å². The number of ether oxygens (including phenoxy) is 3. The quantitative estimate of drug-likeness (QED) is 0.125. The number of carbonyl (C=O) groups excluding carboxylic acids is 2. The van der Waals surface area contributed by atoms with E-state index in [9.17, 15) is 24.6 Å². The van der Waals surface area contributed by atoms with Crippen LogP contribution in [0.5, 0.6) is 11.5 Å². The van der Waals surface area contributed by atoms with E-state index in [0.29, 0.717) is 81.7 Å².